The third kappa shape index (κ3) is 5.23. The predicted molar refractivity (Wildman–Crippen MR) is 167 cm³/mol. The number of aromatic nitrogens is 2. The number of imide groups is 1. The van der Waals surface area contributed by atoms with E-state index in [4.69, 9.17) is 4.74 Å². The van der Waals surface area contributed by atoms with Crippen LogP contribution in [0, 0.1) is 35.5 Å². The summed E-state index contributed by atoms with van der Waals surface area (Å²) in [5.41, 5.74) is 1.93. The first-order chi connectivity index (χ1) is 21.1. The van der Waals surface area contributed by atoms with Crippen LogP contribution in [0.5, 0.6) is 0 Å². The summed E-state index contributed by atoms with van der Waals surface area (Å²) in [7, 11) is 0. The number of piperidine rings is 1. The zero-order valence-corrected chi connectivity index (χ0v) is 27.3. The Balaban J connectivity index is 1.32. The van der Waals surface area contributed by atoms with Crippen molar-refractivity contribution in [1.29, 1.82) is 5.26 Å². The average molecular weight is 629 g/mol. The number of hydrogen-bond acceptors (Lipinski definition) is 9. The Hall–Kier alpha value is -4.37. The van der Waals surface area contributed by atoms with Gasteiger partial charge >= 0.3 is 6.09 Å². The Bertz CT molecular complexity index is 1790. The topological polar surface area (TPSA) is 137 Å². The van der Waals surface area contributed by atoms with E-state index in [0.29, 0.717) is 47.5 Å². The Morgan fingerprint density at radius 2 is 1.84 bits per heavy atom. The van der Waals surface area contributed by atoms with Crippen LogP contribution < -0.4 is 0 Å². The molecule has 11 nitrogen and oxygen atoms in total. The Labute approximate surface area is 265 Å². The molecule has 5 heterocycles. The van der Waals surface area contributed by atoms with Gasteiger partial charge in [0.2, 0.25) is 11.8 Å². The third-order valence-electron chi connectivity index (χ3n) is 9.01. The van der Waals surface area contributed by atoms with Gasteiger partial charge in [0, 0.05) is 42.3 Å². The van der Waals surface area contributed by atoms with Crippen molar-refractivity contribution in [2.75, 3.05) is 19.6 Å². The summed E-state index contributed by atoms with van der Waals surface area (Å²) in [5.74, 6) is -1.01. The van der Waals surface area contributed by atoms with Crippen LogP contribution in [0.15, 0.2) is 24.4 Å². The van der Waals surface area contributed by atoms with Crippen LogP contribution >= 0.6 is 11.3 Å². The Morgan fingerprint density at radius 1 is 1.16 bits per heavy atom. The van der Waals surface area contributed by atoms with Gasteiger partial charge in [-0.05, 0) is 63.8 Å². The van der Waals surface area contributed by atoms with Crippen LogP contribution in [-0.4, -0.2) is 79.8 Å². The van der Waals surface area contributed by atoms with E-state index in [2.05, 4.69) is 16.0 Å². The normalized spacial score (nSPS) is 22.4. The van der Waals surface area contributed by atoms with Gasteiger partial charge in [0.05, 0.1) is 39.9 Å². The molecule has 6 rings (SSSR count). The lowest BCUT2D eigenvalue weighted by atomic mass is 9.98. The molecule has 0 radical (unpaired) electrons. The molecule has 2 unspecified atom stereocenters. The molecular weight excluding hydrogens is 592 g/mol. The minimum absolute atomic E-state index is 0.131. The van der Waals surface area contributed by atoms with Gasteiger partial charge in [-0.2, -0.15) is 5.26 Å². The van der Waals surface area contributed by atoms with Gasteiger partial charge in [-0.3, -0.25) is 24.3 Å². The van der Waals surface area contributed by atoms with E-state index in [0.717, 1.165) is 9.58 Å². The van der Waals surface area contributed by atoms with E-state index in [1.54, 1.807) is 35.1 Å². The highest BCUT2D eigenvalue weighted by atomic mass is 32.1. The molecule has 0 aromatic carbocycles. The van der Waals surface area contributed by atoms with Gasteiger partial charge in [-0.1, -0.05) is 13.8 Å². The second kappa shape index (κ2) is 10.6. The largest absolute Gasteiger partial charge is 0.444 e. The van der Waals surface area contributed by atoms with Crippen molar-refractivity contribution in [2.24, 2.45) is 17.3 Å². The van der Waals surface area contributed by atoms with Crippen LogP contribution in [0.4, 0.5) is 4.79 Å². The highest BCUT2D eigenvalue weighted by Crippen LogP contribution is 2.63. The number of fused-ring (bicyclic) bond motifs is 2. The van der Waals surface area contributed by atoms with Crippen molar-refractivity contribution in [3.8, 4) is 17.3 Å². The van der Waals surface area contributed by atoms with Crippen molar-refractivity contribution in [1.82, 2.24) is 24.7 Å². The van der Waals surface area contributed by atoms with E-state index in [9.17, 15) is 24.4 Å². The third-order valence-corrected chi connectivity index (χ3v) is 10.2. The van der Waals surface area contributed by atoms with E-state index in [1.807, 2.05) is 47.6 Å². The monoisotopic (exact) mass is 628 g/mol. The Morgan fingerprint density at radius 3 is 2.47 bits per heavy atom. The van der Waals surface area contributed by atoms with Crippen molar-refractivity contribution in [3.05, 3.63) is 46.1 Å². The summed E-state index contributed by atoms with van der Waals surface area (Å²) >= 11 is 1.39. The van der Waals surface area contributed by atoms with Gasteiger partial charge in [0.25, 0.3) is 5.91 Å². The molecule has 3 atom stereocenters. The van der Waals surface area contributed by atoms with E-state index in [1.165, 1.54) is 16.2 Å². The molecular formula is C33H36N6O5S. The smallest absolute Gasteiger partial charge is 0.410 e. The maximum absolute atomic E-state index is 14.2. The lowest BCUT2D eigenvalue weighted by Crippen LogP contribution is -2.56. The molecule has 234 valence electrons. The summed E-state index contributed by atoms with van der Waals surface area (Å²) in [6.45, 7) is 14.2. The molecule has 2 aliphatic heterocycles. The molecule has 0 spiro atoms. The summed E-state index contributed by atoms with van der Waals surface area (Å²) in [6.07, 6.45) is 1.22. The molecule has 0 bridgehead atoms. The number of ether oxygens (including phenoxy) is 1. The lowest BCUT2D eigenvalue weighted by Gasteiger charge is -2.40. The summed E-state index contributed by atoms with van der Waals surface area (Å²) < 4.78 is 6.28. The first kappa shape index (κ1) is 30.6. The molecule has 1 saturated carbocycles. The minimum Gasteiger partial charge on any atom is -0.444 e. The minimum atomic E-state index is -0.623. The van der Waals surface area contributed by atoms with Crippen LogP contribution in [0.3, 0.4) is 0 Å². The number of likely N-dealkylation sites (tertiary alicyclic amines) is 1. The number of carbonyl (C=O) groups excluding carboxylic acids is 4. The molecule has 0 N–H and O–H groups in total. The van der Waals surface area contributed by atoms with Crippen molar-refractivity contribution in [2.45, 2.75) is 66.7 Å². The molecule has 4 amide bonds. The SMILES string of the molecule is Cc1cc(C#N)nc(-c2ccnc3cc(CN4C(=O)C5C(C4=O)C5(C)C)sc23)c1C(=O)N1CCN(C(=O)OC(C)(C)C)C[C@@H]1C. The standard InChI is InChI=1S/C33H36N6O5S/c1-17-12-19(14-34)36-26(23(17)28(40)38-11-10-37(15-18(38)2)31(43)44-32(3,4)5)21-8-9-35-22-13-20(45-27(21)22)16-39-29(41)24-25(30(39)42)33(24,6)7/h8-9,12-13,18,24-25H,10-11,15-16H2,1-7H3/t18-,24?,25?/m0/s1. The number of rotatable bonds is 4. The molecule has 1 aliphatic carbocycles. The maximum Gasteiger partial charge on any atom is 0.410 e. The van der Waals surface area contributed by atoms with Gasteiger partial charge in [-0.25, -0.2) is 9.78 Å². The maximum atomic E-state index is 14.2. The second-order valence-electron chi connectivity index (χ2n) is 13.8. The average Bonchev–Trinajstić information content (AvgIpc) is 3.20. The first-order valence-electron chi connectivity index (χ1n) is 15.1. The van der Waals surface area contributed by atoms with Crippen LogP contribution in [-0.2, 0) is 20.9 Å². The summed E-state index contributed by atoms with van der Waals surface area (Å²) in [5, 5.41) is 9.77. The van der Waals surface area contributed by atoms with Crippen LogP contribution in [0.25, 0.3) is 21.5 Å². The number of hydrogen-bond donors (Lipinski definition) is 0. The summed E-state index contributed by atoms with van der Waals surface area (Å²) in [6, 6.07) is 7.05. The molecule has 3 aliphatic rings. The molecule has 3 aromatic rings. The number of nitriles is 1. The number of nitrogens with zero attached hydrogens (tertiary/aromatic N) is 6. The van der Waals surface area contributed by atoms with E-state index in [-0.39, 0.29) is 53.3 Å². The predicted octanol–water partition coefficient (Wildman–Crippen LogP) is 4.76. The molecule has 3 fully saturated rings. The molecule has 45 heavy (non-hydrogen) atoms. The number of aryl methyl sites for hydroxylation is 1. The zero-order chi connectivity index (χ0) is 32.6. The summed E-state index contributed by atoms with van der Waals surface area (Å²) in [4.78, 5) is 67.5. The molecule has 3 aromatic heterocycles. The van der Waals surface area contributed by atoms with Gasteiger partial charge in [-0.15, -0.1) is 11.3 Å². The van der Waals surface area contributed by atoms with Crippen LogP contribution in [0.2, 0.25) is 0 Å². The van der Waals surface area contributed by atoms with Gasteiger partial charge in [0.1, 0.15) is 17.4 Å². The fourth-order valence-corrected chi connectivity index (χ4v) is 7.77. The van der Waals surface area contributed by atoms with Gasteiger partial charge < -0.3 is 14.5 Å². The molecule has 12 heteroatoms. The quantitative estimate of drug-likeness (QED) is 0.377. The van der Waals surface area contributed by atoms with E-state index < -0.39 is 11.7 Å². The van der Waals surface area contributed by atoms with Crippen molar-refractivity contribution < 1.29 is 23.9 Å². The van der Waals surface area contributed by atoms with Crippen LogP contribution in [0.1, 0.15) is 68.0 Å². The zero-order valence-electron chi connectivity index (χ0n) is 26.5. The number of pyridine rings is 2. The highest BCUT2D eigenvalue weighted by molar-refractivity contribution is 7.19. The van der Waals surface area contributed by atoms with Crippen molar-refractivity contribution in [3.63, 3.8) is 0 Å². The number of carbonyl (C=O) groups is 4. The number of piperazine rings is 1. The lowest BCUT2D eigenvalue weighted by molar-refractivity contribution is -0.143. The highest BCUT2D eigenvalue weighted by Gasteiger charge is 2.72. The Kier molecular flexibility index (Phi) is 7.23. The van der Waals surface area contributed by atoms with E-state index >= 15 is 0 Å². The fourth-order valence-electron chi connectivity index (χ4n) is 6.66. The number of thiophene rings is 1. The number of amides is 4. The molecule has 2 saturated heterocycles. The van der Waals surface area contributed by atoms with Gasteiger partial charge in [0.15, 0.2) is 0 Å². The fraction of sp³-hybridized carbons (Fsp3) is 0.485. The first-order valence-corrected chi connectivity index (χ1v) is 15.9. The second-order valence-corrected chi connectivity index (χ2v) is 14.9. The van der Waals surface area contributed by atoms with Crippen molar-refractivity contribution >= 4 is 45.4 Å².